The van der Waals surface area contributed by atoms with Crippen molar-refractivity contribution in [3.05, 3.63) is 46.2 Å². The molecule has 5 heteroatoms. The molecule has 2 rings (SSSR count). The van der Waals surface area contributed by atoms with E-state index in [4.69, 9.17) is 17.3 Å². The number of nitrogens with two attached hydrogens (primary N) is 1. The first kappa shape index (κ1) is 13.1. The summed E-state index contributed by atoms with van der Waals surface area (Å²) in [4.78, 5) is 0. The Kier molecular flexibility index (Phi) is 3.99. The Morgan fingerprint density at radius 1 is 1.44 bits per heavy atom. The number of halogens is 1. The molecule has 18 heavy (non-hydrogen) atoms. The van der Waals surface area contributed by atoms with Crippen LogP contribution in [0.3, 0.4) is 0 Å². The van der Waals surface area contributed by atoms with Gasteiger partial charge in [0.25, 0.3) is 0 Å². The van der Waals surface area contributed by atoms with E-state index < -0.39 is 0 Å². The quantitative estimate of drug-likeness (QED) is 0.924. The van der Waals surface area contributed by atoms with Gasteiger partial charge in [-0.1, -0.05) is 35.9 Å². The molecule has 0 saturated heterocycles. The van der Waals surface area contributed by atoms with Gasteiger partial charge in [0, 0.05) is 11.6 Å². The van der Waals surface area contributed by atoms with Gasteiger partial charge in [-0.25, -0.2) is 4.68 Å². The average molecular weight is 265 g/mol. The predicted octanol–water partition coefficient (Wildman–Crippen LogP) is 2.70. The second-order valence-corrected chi connectivity index (χ2v) is 4.78. The second-order valence-electron chi connectivity index (χ2n) is 4.37. The zero-order valence-corrected chi connectivity index (χ0v) is 11.4. The third kappa shape index (κ3) is 2.54. The lowest BCUT2D eigenvalue weighted by molar-refractivity contribution is 0.543. The topological polar surface area (TPSA) is 56.7 Å². The Morgan fingerprint density at radius 2 is 2.22 bits per heavy atom. The van der Waals surface area contributed by atoms with Crippen molar-refractivity contribution >= 4 is 11.6 Å². The van der Waals surface area contributed by atoms with Crippen LogP contribution < -0.4 is 5.73 Å². The number of benzene rings is 1. The number of nitrogens with zero attached hydrogens (tertiary/aromatic N) is 3. The van der Waals surface area contributed by atoms with E-state index in [2.05, 4.69) is 17.2 Å². The third-order valence-corrected chi connectivity index (χ3v) is 3.37. The van der Waals surface area contributed by atoms with Gasteiger partial charge in [0.2, 0.25) is 0 Å². The van der Waals surface area contributed by atoms with E-state index in [0.717, 1.165) is 34.8 Å². The lowest BCUT2D eigenvalue weighted by Gasteiger charge is -2.14. The fourth-order valence-electron chi connectivity index (χ4n) is 1.92. The Balaban J connectivity index is 2.32. The molecule has 0 aliphatic carbocycles. The summed E-state index contributed by atoms with van der Waals surface area (Å²) in [6.45, 7) is 4.90. The van der Waals surface area contributed by atoms with Crippen molar-refractivity contribution in [3.63, 3.8) is 0 Å². The maximum absolute atomic E-state index is 6.27. The van der Waals surface area contributed by atoms with Crippen LogP contribution in [0.4, 0.5) is 0 Å². The maximum Gasteiger partial charge on any atom is 0.0799 e. The van der Waals surface area contributed by atoms with E-state index in [1.165, 1.54) is 0 Å². The van der Waals surface area contributed by atoms with Crippen molar-refractivity contribution in [1.29, 1.82) is 0 Å². The fraction of sp³-hybridized carbons (Fsp3) is 0.385. The first-order chi connectivity index (χ1) is 8.63. The summed E-state index contributed by atoms with van der Waals surface area (Å²) in [6, 6.07) is 5.61. The van der Waals surface area contributed by atoms with Crippen LogP contribution in [-0.2, 0) is 6.54 Å². The number of aromatic nitrogens is 3. The van der Waals surface area contributed by atoms with Crippen molar-refractivity contribution in [3.8, 4) is 0 Å². The van der Waals surface area contributed by atoms with E-state index >= 15 is 0 Å². The third-order valence-electron chi connectivity index (χ3n) is 2.94. The zero-order valence-electron chi connectivity index (χ0n) is 10.6. The SMILES string of the molecule is CCCn1nncc1C(N)c1ccc(Cl)c(C)c1. The Hall–Kier alpha value is -1.39. The molecule has 0 fully saturated rings. The minimum atomic E-state index is -0.220. The second kappa shape index (κ2) is 5.50. The molecule has 1 atom stereocenters. The molecule has 0 saturated carbocycles. The molecule has 0 radical (unpaired) electrons. The summed E-state index contributed by atoms with van der Waals surface area (Å²) < 4.78 is 1.86. The van der Waals surface area contributed by atoms with Gasteiger partial charge in [-0.05, 0) is 30.5 Å². The summed E-state index contributed by atoms with van der Waals surface area (Å²) in [6.07, 6.45) is 2.73. The monoisotopic (exact) mass is 264 g/mol. The minimum Gasteiger partial charge on any atom is -0.319 e. The van der Waals surface area contributed by atoms with Crippen molar-refractivity contribution < 1.29 is 0 Å². The Morgan fingerprint density at radius 3 is 2.89 bits per heavy atom. The van der Waals surface area contributed by atoms with Gasteiger partial charge in [0.05, 0.1) is 17.9 Å². The molecule has 0 amide bonds. The summed E-state index contributed by atoms with van der Waals surface area (Å²) in [5, 5.41) is 8.74. The zero-order chi connectivity index (χ0) is 13.1. The molecule has 0 aliphatic heterocycles. The van der Waals surface area contributed by atoms with Crippen LogP contribution in [0.25, 0.3) is 0 Å². The summed E-state index contributed by atoms with van der Waals surface area (Å²) in [5.41, 5.74) is 9.25. The summed E-state index contributed by atoms with van der Waals surface area (Å²) in [5.74, 6) is 0. The smallest absolute Gasteiger partial charge is 0.0799 e. The number of hydrogen-bond acceptors (Lipinski definition) is 3. The van der Waals surface area contributed by atoms with Crippen LogP contribution >= 0.6 is 11.6 Å². The van der Waals surface area contributed by atoms with Crippen molar-refractivity contribution in [2.24, 2.45) is 5.73 Å². The van der Waals surface area contributed by atoms with E-state index in [1.54, 1.807) is 6.20 Å². The van der Waals surface area contributed by atoms with Crippen LogP contribution in [0.15, 0.2) is 24.4 Å². The highest BCUT2D eigenvalue weighted by Gasteiger charge is 2.15. The van der Waals surface area contributed by atoms with E-state index in [0.29, 0.717) is 0 Å². The van der Waals surface area contributed by atoms with Crippen LogP contribution in [0, 0.1) is 6.92 Å². The van der Waals surface area contributed by atoms with Gasteiger partial charge in [-0.3, -0.25) is 0 Å². The maximum atomic E-state index is 6.27. The number of aryl methyl sites for hydroxylation is 2. The fourth-order valence-corrected chi connectivity index (χ4v) is 2.04. The van der Waals surface area contributed by atoms with Gasteiger partial charge in [0.1, 0.15) is 0 Å². The largest absolute Gasteiger partial charge is 0.319 e. The lowest BCUT2D eigenvalue weighted by atomic mass is 10.0. The first-order valence-electron chi connectivity index (χ1n) is 6.03. The molecule has 4 nitrogen and oxygen atoms in total. The first-order valence-corrected chi connectivity index (χ1v) is 6.41. The van der Waals surface area contributed by atoms with Crippen LogP contribution in [0.5, 0.6) is 0 Å². The van der Waals surface area contributed by atoms with Gasteiger partial charge in [-0.15, -0.1) is 5.10 Å². The summed E-state index contributed by atoms with van der Waals surface area (Å²) >= 11 is 6.02. The lowest BCUT2D eigenvalue weighted by Crippen LogP contribution is -2.17. The van der Waals surface area contributed by atoms with E-state index in [1.807, 2.05) is 29.8 Å². The molecule has 0 aliphatic rings. The minimum absolute atomic E-state index is 0.220. The van der Waals surface area contributed by atoms with Gasteiger partial charge in [-0.2, -0.15) is 0 Å². The van der Waals surface area contributed by atoms with Crippen LogP contribution in [0.2, 0.25) is 5.02 Å². The highest BCUT2D eigenvalue weighted by Crippen LogP contribution is 2.23. The molecule has 0 bridgehead atoms. The standard InChI is InChI=1S/C13H17ClN4/c1-3-6-18-12(8-16-17-18)13(15)10-4-5-11(14)9(2)7-10/h4-5,7-8,13H,3,6,15H2,1-2H3. The number of rotatable bonds is 4. The number of hydrogen-bond donors (Lipinski definition) is 1. The van der Waals surface area contributed by atoms with Crippen molar-refractivity contribution in [1.82, 2.24) is 15.0 Å². The highest BCUT2D eigenvalue weighted by atomic mass is 35.5. The molecule has 1 unspecified atom stereocenters. The van der Waals surface area contributed by atoms with Crippen LogP contribution in [0.1, 0.15) is 36.2 Å². The molecular formula is C13H17ClN4. The predicted molar refractivity (Wildman–Crippen MR) is 72.5 cm³/mol. The normalized spacial score (nSPS) is 12.7. The molecule has 1 heterocycles. The van der Waals surface area contributed by atoms with Gasteiger partial charge < -0.3 is 5.73 Å². The van der Waals surface area contributed by atoms with Gasteiger partial charge in [0.15, 0.2) is 0 Å². The van der Waals surface area contributed by atoms with Crippen molar-refractivity contribution in [2.45, 2.75) is 32.9 Å². The van der Waals surface area contributed by atoms with E-state index in [-0.39, 0.29) is 6.04 Å². The summed E-state index contributed by atoms with van der Waals surface area (Å²) in [7, 11) is 0. The Labute approximate surface area is 112 Å². The molecule has 1 aromatic heterocycles. The van der Waals surface area contributed by atoms with Gasteiger partial charge >= 0.3 is 0 Å². The van der Waals surface area contributed by atoms with E-state index in [9.17, 15) is 0 Å². The highest BCUT2D eigenvalue weighted by molar-refractivity contribution is 6.31. The molecule has 1 aromatic carbocycles. The Bertz CT molecular complexity index is 536. The molecule has 0 spiro atoms. The van der Waals surface area contributed by atoms with Crippen molar-refractivity contribution in [2.75, 3.05) is 0 Å². The molecule has 2 aromatic rings. The van der Waals surface area contributed by atoms with Crippen LogP contribution in [-0.4, -0.2) is 15.0 Å². The molecular weight excluding hydrogens is 248 g/mol. The molecule has 2 N–H and O–H groups in total. The average Bonchev–Trinajstić information content (AvgIpc) is 2.80. The molecule has 96 valence electrons.